The Bertz CT molecular complexity index is 2060. The highest BCUT2D eigenvalue weighted by atomic mass is 16.6. The third kappa shape index (κ3) is 21.6. The molecule has 0 bridgehead atoms. The Hall–Kier alpha value is -5.10. The van der Waals surface area contributed by atoms with Crippen molar-refractivity contribution in [2.24, 2.45) is 5.41 Å². The molecule has 0 aliphatic heterocycles. The van der Waals surface area contributed by atoms with E-state index in [4.69, 9.17) is 37.6 Å². The predicted molar refractivity (Wildman–Crippen MR) is 249 cm³/mol. The van der Waals surface area contributed by atoms with E-state index in [1.54, 1.807) is 88.5 Å². The Kier molecular flexibility index (Phi) is 21.8. The van der Waals surface area contributed by atoms with Gasteiger partial charge in [0.15, 0.2) is 17.5 Å². The van der Waals surface area contributed by atoms with Crippen molar-refractivity contribution in [3.8, 4) is 17.2 Å². The fraction of sp³-hybridized carbons (Fsp3) is 0.622. The Labute approximate surface area is 387 Å². The van der Waals surface area contributed by atoms with Crippen LogP contribution in [-0.4, -0.2) is 118 Å². The highest BCUT2D eigenvalue weighted by molar-refractivity contribution is 7.17. The standard InChI is InChI=1S/C28H37N3O7.C17H31NO6.B3/c1-10-35-25(32)22-23(19(15-36-27(3,4)5)30-26(33)38-28(6,7)8)37-24(31-22)18-13-14-20(34-9)21-17(18)12-11-16(2)29-21;1-15(2,3)13(20)23-12(19)11(10-22-16(4,5)6)18-14(21)24-17(7,8)9;1-3-2/h11-14,19H,10,15H2,1-9H3,(H,30,33);11H,10H2,1-9H3,(H,18,21);. The summed E-state index contributed by atoms with van der Waals surface area (Å²) in [5.74, 6) is -1.40. The minimum absolute atomic E-state index is 0.00606. The summed E-state index contributed by atoms with van der Waals surface area (Å²) in [5, 5.41) is 5.88. The molecule has 1 aromatic carbocycles. The van der Waals surface area contributed by atoms with E-state index in [2.05, 4.69) is 36.1 Å². The number of alkyl carbamates (subject to hydrolysis) is 2. The molecule has 3 rings (SSSR count). The first-order valence-corrected chi connectivity index (χ1v) is 21.1. The number of carbonyl (C=O) groups excluding carboxylic acids is 5. The quantitative estimate of drug-likeness (QED) is 0.0783. The Morgan fingerprint density at radius 3 is 1.74 bits per heavy atom. The van der Waals surface area contributed by atoms with Gasteiger partial charge in [0.2, 0.25) is 5.89 Å². The number of methoxy groups -OCH3 is 1. The molecule has 2 aromatic heterocycles. The summed E-state index contributed by atoms with van der Waals surface area (Å²) in [6, 6.07) is 5.26. The average Bonchev–Trinajstić information content (AvgIpc) is 3.58. The summed E-state index contributed by atoms with van der Waals surface area (Å²) < 4.78 is 43.9. The van der Waals surface area contributed by atoms with Gasteiger partial charge in [0.05, 0.1) is 43.5 Å². The zero-order valence-corrected chi connectivity index (χ0v) is 41.5. The molecule has 20 heteroatoms. The maximum atomic E-state index is 13.0. The zero-order chi connectivity index (χ0) is 50.3. The van der Waals surface area contributed by atoms with Gasteiger partial charge < -0.3 is 48.2 Å². The van der Waals surface area contributed by atoms with Gasteiger partial charge in [-0.3, -0.25) is 4.79 Å². The Balaban J connectivity index is 0.000000674. The highest BCUT2D eigenvalue weighted by Gasteiger charge is 2.34. The average molecular weight is 905 g/mol. The summed E-state index contributed by atoms with van der Waals surface area (Å²) in [6.07, 6.45) is -1.48. The van der Waals surface area contributed by atoms with Crippen LogP contribution in [0.25, 0.3) is 22.4 Å². The molecule has 17 nitrogen and oxygen atoms in total. The number of nitrogens with zero attached hydrogens (tertiary/aromatic N) is 2. The van der Waals surface area contributed by atoms with Crippen LogP contribution in [0.5, 0.6) is 5.75 Å². The van der Waals surface area contributed by atoms with Gasteiger partial charge in [-0.2, -0.15) is 0 Å². The first-order chi connectivity index (χ1) is 29.6. The van der Waals surface area contributed by atoms with Gasteiger partial charge in [-0.1, -0.05) is 6.07 Å². The van der Waals surface area contributed by atoms with Gasteiger partial charge in [0.1, 0.15) is 28.5 Å². The molecule has 2 N–H and O–H groups in total. The van der Waals surface area contributed by atoms with Crippen molar-refractivity contribution < 1.29 is 61.5 Å². The number of hydrogen-bond donors (Lipinski definition) is 2. The van der Waals surface area contributed by atoms with Crippen molar-refractivity contribution in [1.29, 1.82) is 0 Å². The molecular weight excluding hydrogens is 837 g/mol. The fourth-order valence-electron chi connectivity index (χ4n) is 4.90. The number of rotatable bonds is 12. The number of amides is 2. The van der Waals surface area contributed by atoms with Gasteiger partial charge in [0.25, 0.3) is 0 Å². The van der Waals surface area contributed by atoms with Crippen molar-refractivity contribution in [3.63, 3.8) is 0 Å². The van der Waals surface area contributed by atoms with Crippen molar-refractivity contribution in [3.05, 3.63) is 41.4 Å². The monoisotopic (exact) mass is 906 g/mol. The fourth-order valence-corrected chi connectivity index (χ4v) is 4.90. The van der Waals surface area contributed by atoms with E-state index >= 15 is 0 Å². The van der Waals surface area contributed by atoms with E-state index in [0.29, 0.717) is 16.8 Å². The molecule has 5 radical (unpaired) electrons. The number of carbonyl (C=O) groups is 5. The normalized spacial score (nSPS) is 12.8. The largest absolute Gasteiger partial charge is 0.494 e. The molecular formula is C45H68B3N4O13. The van der Waals surface area contributed by atoms with Crippen molar-refractivity contribution in [2.75, 3.05) is 26.9 Å². The lowest BCUT2D eigenvalue weighted by molar-refractivity contribution is -0.168. The van der Waals surface area contributed by atoms with Crippen molar-refractivity contribution >= 4 is 63.5 Å². The number of oxazole rings is 1. The van der Waals surface area contributed by atoms with Gasteiger partial charge in [-0.05, 0) is 136 Å². The predicted octanol–water partition coefficient (Wildman–Crippen LogP) is 7.43. The van der Waals surface area contributed by atoms with Gasteiger partial charge in [-0.15, -0.1) is 0 Å². The number of aryl methyl sites for hydroxylation is 1. The van der Waals surface area contributed by atoms with Crippen LogP contribution in [0, 0.1) is 12.3 Å². The molecule has 0 saturated carbocycles. The van der Waals surface area contributed by atoms with E-state index in [0.717, 1.165) is 18.1 Å². The summed E-state index contributed by atoms with van der Waals surface area (Å²) in [7, 11) is 11.6. The molecule has 65 heavy (non-hydrogen) atoms. The third-order valence-corrected chi connectivity index (χ3v) is 7.69. The SMILES string of the molecule is CC(C)(C)OCC(NC(=O)OC(C)(C)C)C(=O)OC(=O)C(C)(C)C.CCOC(=O)c1nc(-c2ccc(OC)c3nc(C)ccc23)oc1C(COC(C)(C)C)NC(=O)OC(C)(C)C.[B][B][B]. The van der Waals surface area contributed by atoms with Crippen LogP contribution in [0.1, 0.15) is 139 Å². The molecule has 2 atom stereocenters. The second kappa shape index (κ2) is 24.4. The van der Waals surface area contributed by atoms with Crippen molar-refractivity contribution in [2.45, 2.75) is 152 Å². The van der Waals surface area contributed by atoms with Crippen LogP contribution in [0.15, 0.2) is 28.7 Å². The summed E-state index contributed by atoms with van der Waals surface area (Å²) in [4.78, 5) is 70.8. The maximum Gasteiger partial charge on any atom is 0.408 e. The second-order valence-electron chi connectivity index (χ2n) is 19.5. The molecule has 2 amide bonds. The number of ether oxygens (including phenoxy) is 7. The lowest BCUT2D eigenvalue weighted by atomic mass is 9.40. The Morgan fingerprint density at radius 2 is 1.26 bits per heavy atom. The first-order valence-electron chi connectivity index (χ1n) is 21.1. The summed E-state index contributed by atoms with van der Waals surface area (Å²) in [6.45, 7) is 29.9. The van der Waals surface area contributed by atoms with E-state index in [1.807, 2.05) is 60.6 Å². The number of esters is 3. The molecule has 2 heterocycles. The molecule has 0 spiro atoms. The maximum absolute atomic E-state index is 13.0. The number of pyridine rings is 1. The van der Waals surface area contributed by atoms with Crippen LogP contribution in [-0.2, 0) is 38.0 Å². The minimum Gasteiger partial charge on any atom is -0.494 e. The van der Waals surface area contributed by atoms with E-state index in [1.165, 1.54) is 0 Å². The zero-order valence-electron chi connectivity index (χ0n) is 41.5. The molecule has 0 saturated heterocycles. The number of nitrogens with one attached hydrogen (secondary N) is 2. The highest BCUT2D eigenvalue weighted by Crippen LogP contribution is 2.36. The van der Waals surface area contributed by atoms with E-state index < -0.39 is 70.0 Å². The molecule has 0 aliphatic carbocycles. The van der Waals surface area contributed by atoms with Crippen LogP contribution in [0.3, 0.4) is 0 Å². The minimum atomic E-state index is -1.15. The van der Waals surface area contributed by atoms with Gasteiger partial charge in [-0.25, -0.2) is 29.1 Å². The van der Waals surface area contributed by atoms with Crippen LogP contribution in [0.2, 0.25) is 0 Å². The summed E-state index contributed by atoms with van der Waals surface area (Å²) >= 11 is 0. The molecule has 3 aromatic rings. The van der Waals surface area contributed by atoms with Crippen molar-refractivity contribution in [1.82, 2.24) is 20.6 Å². The molecule has 355 valence electrons. The molecule has 0 aliphatic rings. The Morgan fingerprint density at radius 1 is 0.738 bits per heavy atom. The second-order valence-corrected chi connectivity index (χ2v) is 19.5. The number of hydrogen-bond acceptors (Lipinski definition) is 15. The van der Waals surface area contributed by atoms with Crippen LogP contribution < -0.4 is 15.4 Å². The number of fused-ring (bicyclic) bond motifs is 1. The third-order valence-electron chi connectivity index (χ3n) is 7.69. The van der Waals surface area contributed by atoms with Gasteiger partial charge >= 0.3 is 30.1 Å². The topological polar surface area (TPSA) is 213 Å². The smallest absolute Gasteiger partial charge is 0.408 e. The number of aromatic nitrogens is 2. The molecule has 2 unspecified atom stereocenters. The van der Waals surface area contributed by atoms with Gasteiger partial charge in [0, 0.05) is 39.2 Å². The van der Waals surface area contributed by atoms with E-state index in [9.17, 15) is 24.0 Å². The summed E-state index contributed by atoms with van der Waals surface area (Å²) in [5.41, 5.74) is -1.37. The molecule has 0 fully saturated rings. The van der Waals surface area contributed by atoms with E-state index in [-0.39, 0.29) is 37.2 Å². The lowest BCUT2D eigenvalue weighted by Gasteiger charge is -2.26. The van der Waals surface area contributed by atoms with Crippen LogP contribution in [0.4, 0.5) is 9.59 Å². The number of benzene rings is 1. The first kappa shape index (κ1) is 57.9. The van der Waals surface area contributed by atoms with Crippen LogP contribution >= 0.6 is 0 Å². The lowest BCUT2D eigenvalue weighted by Crippen LogP contribution is -2.49.